The first-order valence-corrected chi connectivity index (χ1v) is 14.7. The lowest BCUT2D eigenvalue weighted by Crippen LogP contribution is -2.26. The van der Waals surface area contributed by atoms with Gasteiger partial charge in [-0.15, -0.1) is 23.1 Å². The van der Waals surface area contributed by atoms with Crippen molar-refractivity contribution in [3.63, 3.8) is 0 Å². The monoisotopic (exact) mass is 585 g/mol. The number of aromatic nitrogens is 2. The summed E-state index contributed by atoms with van der Waals surface area (Å²) < 4.78 is 2.71. The van der Waals surface area contributed by atoms with Gasteiger partial charge in [-0.3, -0.25) is 14.2 Å². The van der Waals surface area contributed by atoms with Crippen molar-refractivity contribution in [2.45, 2.75) is 42.8 Å². The molecule has 9 heteroatoms. The van der Waals surface area contributed by atoms with E-state index in [2.05, 4.69) is 35.1 Å². The van der Waals surface area contributed by atoms with E-state index in [-0.39, 0.29) is 22.0 Å². The Morgan fingerprint density at radius 3 is 2.74 bits per heavy atom. The van der Waals surface area contributed by atoms with Crippen molar-refractivity contribution >= 4 is 72.6 Å². The van der Waals surface area contributed by atoms with E-state index in [1.54, 1.807) is 15.9 Å². The summed E-state index contributed by atoms with van der Waals surface area (Å²) in [6, 6.07) is 15.3. The largest absolute Gasteiger partial charge is 0.325 e. The number of carbonyl (C=O) groups is 1. The Morgan fingerprint density at radius 1 is 1.23 bits per heavy atom. The number of nitrogens with one attached hydrogen (secondary N) is 1. The number of halogens is 1. The highest BCUT2D eigenvalue weighted by molar-refractivity contribution is 9.10. The Kier molecular flexibility index (Phi) is 6.87. The zero-order chi connectivity index (χ0) is 24.7. The van der Waals surface area contributed by atoms with E-state index in [0.717, 1.165) is 49.4 Å². The van der Waals surface area contributed by atoms with Crippen molar-refractivity contribution in [3.8, 4) is 5.69 Å². The molecule has 0 saturated carbocycles. The van der Waals surface area contributed by atoms with Gasteiger partial charge in [0.1, 0.15) is 4.83 Å². The average Bonchev–Trinajstić information content (AvgIpc) is 3.16. The Hall–Kier alpha value is -2.07. The van der Waals surface area contributed by atoms with Crippen molar-refractivity contribution < 1.29 is 4.79 Å². The van der Waals surface area contributed by atoms with Crippen LogP contribution >= 0.6 is 50.8 Å². The number of rotatable bonds is 5. The van der Waals surface area contributed by atoms with Gasteiger partial charge in [-0.1, -0.05) is 53.7 Å². The predicted octanol–water partition coefficient (Wildman–Crippen LogP) is 6.82. The van der Waals surface area contributed by atoms with Crippen LogP contribution in [0.1, 0.15) is 29.9 Å². The third-order valence-electron chi connectivity index (χ3n) is 5.79. The molecule has 1 aliphatic rings. The van der Waals surface area contributed by atoms with Crippen LogP contribution in [0.3, 0.4) is 0 Å². The lowest BCUT2D eigenvalue weighted by atomic mass is 10.00. The molecule has 0 bridgehead atoms. The van der Waals surface area contributed by atoms with Gasteiger partial charge in [0.05, 0.1) is 16.8 Å². The minimum Gasteiger partial charge on any atom is -0.325 e. The average molecular weight is 587 g/mol. The first-order chi connectivity index (χ1) is 16.7. The van der Waals surface area contributed by atoms with Gasteiger partial charge in [-0.2, -0.15) is 0 Å². The number of fused-ring (bicyclic) bond motifs is 3. The second-order valence-electron chi connectivity index (χ2n) is 9.13. The van der Waals surface area contributed by atoms with Crippen LogP contribution in [0.15, 0.2) is 63.0 Å². The molecule has 1 N–H and O–H groups in total. The SMILES string of the molecule is Cc1cccc(-n2c(SCC(=O)Nc3ccc(Br)cc3)nc3sc4c(c3c2=O)CC(C)(C)SC4)c1. The standard InChI is InChI=1S/C26H24BrN3O2S3/c1-15-5-4-6-18(11-15)30-24(32)22-19-12-26(2,3)34-13-20(19)35-23(22)29-25(30)33-14-21(31)28-17-9-7-16(27)8-10-17/h4-11H,12-14H2,1-3H3,(H,28,31). The van der Waals surface area contributed by atoms with Gasteiger partial charge < -0.3 is 5.32 Å². The molecule has 0 unspecified atom stereocenters. The van der Waals surface area contributed by atoms with E-state index < -0.39 is 0 Å². The topological polar surface area (TPSA) is 64.0 Å². The molecule has 2 aromatic carbocycles. The molecular weight excluding hydrogens is 562 g/mol. The molecule has 0 spiro atoms. The first kappa shape index (κ1) is 24.6. The molecule has 1 aliphatic heterocycles. The van der Waals surface area contributed by atoms with E-state index in [9.17, 15) is 9.59 Å². The van der Waals surface area contributed by atoms with E-state index >= 15 is 0 Å². The fourth-order valence-corrected chi connectivity index (χ4v) is 7.58. The number of hydrogen-bond acceptors (Lipinski definition) is 6. The minimum absolute atomic E-state index is 0.0587. The van der Waals surface area contributed by atoms with Crippen molar-refractivity contribution in [3.05, 3.63) is 79.4 Å². The van der Waals surface area contributed by atoms with Crippen molar-refractivity contribution in [1.82, 2.24) is 9.55 Å². The zero-order valence-electron chi connectivity index (χ0n) is 19.6. The van der Waals surface area contributed by atoms with Gasteiger partial charge in [0, 0.05) is 25.5 Å². The Labute approximate surface area is 224 Å². The van der Waals surface area contributed by atoms with Gasteiger partial charge in [-0.25, -0.2) is 4.98 Å². The van der Waals surface area contributed by atoms with Crippen LogP contribution in [0, 0.1) is 6.92 Å². The second kappa shape index (κ2) is 9.76. The smallest absolute Gasteiger partial charge is 0.267 e. The molecule has 3 heterocycles. The van der Waals surface area contributed by atoms with Crippen molar-refractivity contribution in [2.75, 3.05) is 11.1 Å². The molecule has 4 aromatic rings. The summed E-state index contributed by atoms with van der Waals surface area (Å²) in [6.07, 6.45) is 0.847. The number of thioether (sulfide) groups is 2. The summed E-state index contributed by atoms with van der Waals surface area (Å²) in [5.41, 5.74) is 3.63. The van der Waals surface area contributed by atoms with Crippen LogP contribution in [0.2, 0.25) is 0 Å². The summed E-state index contributed by atoms with van der Waals surface area (Å²) in [6.45, 7) is 6.46. The Balaban J connectivity index is 1.54. The number of nitrogens with zero attached hydrogens (tertiary/aromatic N) is 2. The van der Waals surface area contributed by atoms with Gasteiger partial charge in [-0.05, 0) is 60.9 Å². The summed E-state index contributed by atoms with van der Waals surface area (Å²) in [5.74, 6) is 0.894. The van der Waals surface area contributed by atoms with Crippen molar-refractivity contribution in [1.29, 1.82) is 0 Å². The number of carbonyl (C=O) groups excluding carboxylic acids is 1. The second-order valence-corrected chi connectivity index (χ2v) is 13.8. The quantitative estimate of drug-likeness (QED) is 0.206. The van der Waals surface area contributed by atoms with Crippen LogP contribution in [-0.2, 0) is 17.0 Å². The van der Waals surface area contributed by atoms with E-state index in [0.29, 0.717) is 5.16 Å². The van der Waals surface area contributed by atoms with Gasteiger partial charge >= 0.3 is 0 Å². The minimum atomic E-state index is -0.147. The summed E-state index contributed by atoms with van der Waals surface area (Å²) in [5, 5.41) is 4.17. The molecule has 180 valence electrons. The molecule has 0 saturated heterocycles. The van der Waals surface area contributed by atoms with Crippen molar-refractivity contribution in [2.24, 2.45) is 0 Å². The molecular formula is C26H24BrN3O2S3. The summed E-state index contributed by atoms with van der Waals surface area (Å²) in [4.78, 5) is 33.6. The van der Waals surface area contributed by atoms with Gasteiger partial charge in [0.15, 0.2) is 5.16 Å². The normalized spacial score (nSPS) is 14.6. The highest BCUT2D eigenvalue weighted by Crippen LogP contribution is 2.44. The van der Waals surface area contributed by atoms with Crippen LogP contribution < -0.4 is 10.9 Å². The van der Waals surface area contributed by atoms with E-state index in [4.69, 9.17) is 4.98 Å². The fourth-order valence-electron chi connectivity index (χ4n) is 4.13. The highest BCUT2D eigenvalue weighted by Gasteiger charge is 2.31. The lowest BCUT2D eigenvalue weighted by Gasteiger charge is -2.28. The zero-order valence-corrected chi connectivity index (χ0v) is 23.6. The maximum Gasteiger partial charge on any atom is 0.267 e. The number of amides is 1. The third-order valence-corrected chi connectivity index (χ3v) is 9.93. The number of hydrogen-bond donors (Lipinski definition) is 1. The van der Waals surface area contributed by atoms with Crippen LogP contribution in [0.25, 0.3) is 15.9 Å². The molecule has 0 radical (unpaired) electrons. The third kappa shape index (κ3) is 5.23. The molecule has 5 rings (SSSR count). The molecule has 0 fully saturated rings. The number of aryl methyl sites for hydroxylation is 1. The fraction of sp³-hybridized carbons (Fsp3) is 0.269. The molecule has 2 aromatic heterocycles. The van der Waals surface area contributed by atoms with E-state index in [1.165, 1.54) is 16.6 Å². The predicted molar refractivity (Wildman–Crippen MR) is 153 cm³/mol. The maximum absolute atomic E-state index is 14.0. The first-order valence-electron chi connectivity index (χ1n) is 11.2. The number of anilines is 1. The highest BCUT2D eigenvalue weighted by atomic mass is 79.9. The van der Waals surface area contributed by atoms with Crippen LogP contribution in [-0.4, -0.2) is 26.0 Å². The summed E-state index contributed by atoms with van der Waals surface area (Å²) in [7, 11) is 0. The number of thiophene rings is 1. The van der Waals surface area contributed by atoms with Gasteiger partial charge in [0.2, 0.25) is 5.91 Å². The number of benzene rings is 2. The Bertz CT molecular complexity index is 1490. The summed E-state index contributed by atoms with van der Waals surface area (Å²) >= 11 is 8.22. The Morgan fingerprint density at radius 2 is 2.00 bits per heavy atom. The molecule has 0 aliphatic carbocycles. The molecule has 35 heavy (non-hydrogen) atoms. The molecule has 0 atom stereocenters. The van der Waals surface area contributed by atoms with Crippen LogP contribution in [0.5, 0.6) is 0 Å². The molecule has 1 amide bonds. The van der Waals surface area contributed by atoms with E-state index in [1.807, 2.05) is 67.2 Å². The molecule has 5 nitrogen and oxygen atoms in total. The van der Waals surface area contributed by atoms with Gasteiger partial charge in [0.25, 0.3) is 5.56 Å². The maximum atomic E-state index is 14.0. The lowest BCUT2D eigenvalue weighted by molar-refractivity contribution is -0.113. The van der Waals surface area contributed by atoms with Crippen LogP contribution in [0.4, 0.5) is 5.69 Å².